The monoisotopic (exact) mass is 291 g/mol. The van der Waals surface area contributed by atoms with Gasteiger partial charge in [-0.25, -0.2) is 0 Å². The van der Waals surface area contributed by atoms with E-state index < -0.39 is 0 Å². The molecule has 0 fully saturated rings. The number of pyridine rings is 1. The van der Waals surface area contributed by atoms with Crippen LogP contribution in [0.4, 0.5) is 11.4 Å². The van der Waals surface area contributed by atoms with Crippen molar-refractivity contribution >= 4 is 28.9 Å². The molecule has 1 aromatic heterocycles. The molecule has 6 heteroatoms. The van der Waals surface area contributed by atoms with Crippen molar-refractivity contribution in [1.82, 2.24) is 4.98 Å². The number of aryl methyl sites for hydroxylation is 1. The van der Waals surface area contributed by atoms with Crippen molar-refractivity contribution < 1.29 is 9.53 Å². The summed E-state index contributed by atoms with van der Waals surface area (Å²) >= 11 is 5.93. The highest BCUT2D eigenvalue weighted by molar-refractivity contribution is 6.32. The summed E-state index contributed by atoms with van der Waals surface area (Å²) < 4.78 is 5.10. The first-order valence-electron chi connectivity index (χ1n) is 5.88. The lowest BCUT2D eigenvalue weighted by molar-refractivity contribution is 0.102. The number of nitrogen functional groups attached to an aromatic ring is 1. The first-order valence-corrected chi connectivity index (χ1v) is 6.26. The minimum atomic E-state index is -0.285. The first kappa shape index (κ1) is 14.1. The molecule has 2 rings (SSSR count). The number of benzene rings is 1. The third-order valence-corrected chi connectivity index (χ3v) is 3.07. The molecule has 0 aliphatic heterocycles. The number of rotatable bonds is 3. The molecular weight excluding hydrogens is 278 g/mol. The van der Waals surface area contributed by atoms with E-state index in [2.05, 4.69) is 10.3 Å². The summed E-state index contributed by atoms with van der Waals surface area (Å²) in [4.78, 5) is 16.2. The summed E-state index contributed by atoms with van der Waals surface area (Å²) in [5.41, 5.74) is 7.70. The number of nitrogens with one attached hydrogen (secondary N) is 1. The maximum atomic E-state index is 12.2. The van der Waals surface area contributed by atoms with Crippen LogP contribution in [-0.2, 0) is 0 Å². The van der Waals surface area contributed by atoms with E-state index in [1.54, 1.807) is 31.2 Å². The zero-order valence-corrected chi connectivity index (χ0v) is 11.9. The number of nitrogens with two attached hydrogens (primary N) is 1. The summed E-state index contributed by atoms with van der Waals surface area (Å²) in [6.45, 7) is 1.75. The smallest absolute Gasteiger partial charge is 0.257 e. The van der Waals surface area contributed by atoms with Crippen LogP contribution in [0.15, 0.2) is 30.5 Å². The van der Waals surface area contributed by atoms with Gasteiger partial charge in [0.25, 0.3) is 5.91 Å². The number of amides is 1. The number of hydrogen-bond acceptors (Lipinski definition) is 4. The van der Waals surface area contributed by atoms with Gasteiger partial charge in [-0.1, -0.05) is 11.6 Å². The van der Waals surface area contributed by atoms with Crippen molar-refractivity contribution in [2.24, 2.45) is 0 Å². The number of aromatic nitrogens is 1. The van der Waals surface area contributed by atoms with Crippen molar-refractivity contribution in [3.05, 3.63) is 46.7 Å². The zero-order valence-electron chi connectivity index (χ0n) is 11.1. The number of hydrogen-bond donors (Lipinski definition) is 2. The molecule has 5 nitrogen and oxygen atoms in total. The molecule has 0 atom stereocenters. The molecule has 2 aromatic rings. The lowest BCUT2D eigenvalue weighted by Crippen LogP contribution is -2.14. The Morgan fingerprint density at radius 2 is 2.15 bits per heavy atom. The van der Waals surface area contributed by atoms with E-state index in [1.807, 2.05) is 0 Å². The highest BCUT2D eigenvalue weighted by Gasteiger charge is 2.12. The number of halogens is 1. The average molecular weight is 292 g/mol. The van der Waals surface area contributed by atoms with Gasteiger partial charge in [-0.05, 0) is 25.1 Å². The van der Waals surface area contributed by atoms with E-state index in [9.17, 15) is 4.79 Å². The molecule has 0 saturated heterocycles. The molecular formula is C14H14ClN3O2. The fourth-order valence-corrected chi connectivity index (χ4v) is 1.91. The first-order chi connectivity index (χ1) is 9.51. The van der Waals surface area contributed by atoms with Crippen LogP contribution in [0, 0.1) is 6.92 Å². The second kappa shape index (κ2) is 5.79. The summed E-state index contributed by atoms with van der Waals surface area (Å²) in [7, 11) is 1.51. The maximum Gasteiger partial charge on any atom is 0.257 e. The average Bonchev–Trinajstić information content (AvgIpc) is 2.43. The number of ether oxygens (including phenoxy) is 1. The second-order valence-corrected chi connectivity index (χ2v) is 4.61. The Hall–Kier alpha value is -2.27. The van der Waals surface area contributed by atoms with Gasteiger partial charge in [-0.3, -0.25) is 9.78 Å². The minimum Gasteiger partial charge on any atom is -0.495 e. The molecule has 1 amide bonds. The van der Waals surface area contributed by atoms with Gasteiger partial charge in [0.1, 0.15) is 5.75 Å². The Balaban J connectivity index is 2.25. The van der Waals surface area contributed by atoms with Crippen molar-refractivity contribution in [2.75, 3.05) is 18.2 Å². The van der Waals surface area contributed by atoms with E-state index in [0.29, 0.717) is 33.4 Å². The highest BCUT2D eigenvalue weighted by atomic mass is 35.5. The molecule has 0 saturated carbocycles. The van der Waals surface area contributed by atoms with E-state index in [-0.39, 0.29) is 5.91 Å². The maximum absolute atomic E-state index is 12.2. The fraction of sp³-hybridized carbons (Fsp3) is 0.143. The van der Waals surface area contributed by atoms with Gasteiger partial charge in [-0.2, -0.15) is 0 Å². The molecule has 1 aromatic carbocycles. The summed E-state index contributed by atoms with van der Waals surface area (Å²) in [5, 5.41) is 3.23. The largest absolute Gasteiger partial charge is 0.495 e. The Morgan fingerprint density at radius 1 is 1.40 bits per heavy atom. The third kappa shape index (κ3) is 3.00. The van der Waals surface area contributed by atoms with Gasteiger partial charge in [-0.15, -0.1) is 0 Å². The fourth-order valence-electron chi connectivity index (χ4n) is 1.72. The van der Waals surface area contributed by atoms with Crippen molar-refractivity contribution in [3.63, 3.8) is 0 Å². The predicted octanol–water partition coefficient (Wildman–Crippen LogP) is 2.89. The summed E-state index contributed by atoms with van der Waals surface area (Å²) in [5.74, 6) is 0.207. The van der Waals surface area contributed by atoms with Gasteiger partial charge in [0, 0.05) is 11.8 Å². The van der Waals surface area contributed by atoms with Crippen LogP contribution >= 0.6 is 11.6 Å². The molecule has 20 heavy (non-hydrogen) atoms. The highest BCUT2D eigenvalue weighted by Crippen LogP contribution is 2.27. The van der Waals surface area contributed by atoms with Gasteiger partial charge in [0.05, 0.1) is 35.3 Å². The van der Waals surface area contributed by atoms with Crippen LogP contribution in [-0.4, -0.2) is 18.0 Å². The second-order valence-electron chi connectivity index (χ2n) is 4.21. The Kier molecular flexibility index (Phi) is 4.10. The molecule has 3 N–H and O–H groups in total. The summed E-state index contributed by atoms with van der Waals surface area (Å²) in [6.07, 6.45) is 1.51. The standard InChI is InChI=1S/C14H14ClN3O2/c1-8-11(5-9(16)7-17-8)14(19)18-10-3-4-12(15)13(6-10)20-2/h3-7H,16H2,1-2H3,(H,18,19). The van der Waals surface area contributed by atoms with Crippen LogP contribution < -0.4 is 15.8 Å². The topological polar surface area (TPSA) is 77.2 Å². The third-order valence-electron chi connectivity index (χ3n) is 2.76. The van der Waals surface area contributed by atoms with Crippen LogP contribution in [0.25, 0.3) is 0 Å². The Bertz CT molecular complexity index is 659. The molecule has 0 bridgehead atoms. The lowest BCUT2D eigenvalue weighted by atomic mass is 10.1. The SMILES string of the molecule is COc1cc(NC(=O)c2cc(N)cnc2C)ccc1Cl. The van der Waals surface area contributed by atoms with Crippen LogP contribution in [0.5, 0.6) is 5.75 Å². The lowest BCUT2D eigenvalue weighted by Gasteiger charge is -2.10. The van der Waals surface area contributed by atoms with Crippen molar-refractivity contribution in [1.29, 1.82) is 0 Å². The molecule has 1 heterocycles. The molecule has 0 radical (unpaired) electrons. The number of anilines is 2. The number of nitrogens with zero attached hydrogens (tertiary/aromatic N) is 1. The number of carbonyl (C=O) groups excluding carboxylic acids is 1. The molecule has 0 spiro atoms. The van der Waals surface area contributed by atoms with Crippen molar-refractivity contribution in [3.8, 4) is 5.75 Å². The quantitative estimate of drug-likeness (QED) is 0.911. The predicted molar refractivity (Wildman–Crippen MR) is 79.3 cm³/mol. The normalized spacial score (nSPS) is 10.2. The van der Waals surface area contributed by atoms with E-state index in [1.165, 1.54) is 13.3 Å². The Morgan fingerprint density at radius 3 is 2.85 bits per heavy atom. The molecule has 0 unspecified atom stereocenters. The van der Waals surface area contributed by atoms with Gasteiger partial charge < -0.3 is 15.8 Å². The van der Waals surface area contributed by atoms with Crippen LogP contribution in [0.1, 0.15) is 16.1 Å². The molecule has 0 aliphatic carbocycles. The molecule has 0 aliphatic rings. The van der Waals surface area contributed by atoms with Gasteiger partial charge >= 0.3 is 0 Å². The molecule has 104 valence electrons. The van der Waals surface area contributed by atoms with Gasteiger partial charge in [0.15, 0.2) is 0 Å². The summed E-state index contributed by atoms with van der Waals surface area (Å²) in [6, 6.07) is 6.58. The van der Waals surface area contributed by atoms with E-state index in [0.717, 1.165) is 0 Å². The van der Waals surface area contributed by atoms with Gasteiger partial charge in [0.2, 0.25) is 0 Å². The zero-order chi connectivity index (χ0) is 14.7. The Labute approximate surface area is 121 Å². The minimum absolute atomic E-state index is 0.285. The van der Waals surface area contributed by atoms with E-state index in [4.69, 9.17) is 22.1 Å². The van der Waals surface area contributed by atoms with Crippen LogP contribution in [0.2, 0.25) is 5.02 Å². The van der Waals surface area contributed by atoms with Crippen LogP contribution in [0.3, 0.4) is 0 Å². The van der Waals surface area contributed by atoms with E-state index >= 15 is 0 Å². The number of methoxy groups -OCH3 is 1. The van der Waals surface area contributed by atoms with Crippen molar-refractivity contribution in [2.45, 2.75) is 6.92 Å². The number of carbonyl (C=O) groups is 1.